The van der Waals surface area contributed by atoms with Crippen LogP contribution in [0.3, 0.4) is 0 Å². The van der Waals surface area contributed by atoms with Crippen LogP contribution in [0, 0.1) is 0 Å². The Hall–Kier alpha value is -2.08. The molecule has 0 aliphatic carbocycles. The van der Waals surface area contributed by atoms with Crippen molar-refractivity contribution in [3.05, 3.63) is 40.3 Å². The Balaban J connectivity index is 2.29. The molecular formula is C15H19N3O2S. The lowest BCUT2D eigenvalue weighted by Crippen LogP contribution is -2.28. The molecule has 2 aromatic rings. The van der Waals surface area contributed by atoms with Crippen molar-refractivity contribution in [1.82, 2.24) is 4.98 Å². The SMILES string of the molecule is CCOC(=O)c1cccc(NC(C)(C)c2nccs2)c1N. The smallest absolute Gasteiger partial charge is 0.340 e. The molecule has 0 unspecified atom stereocenters. The second kappa shape index (κ2) is 6.13. The molecule has 0 aliphatic heterocycles. The first-order valence-electron chi connectivity index (χ1n) is 6.69. The molecule has 3 N–H and O–H groups in total. The molecule has 21 heavy (non-hydrogen) atoms. The van der Waals surface area contributed by atoms with Gasteiger partial charge >= 0.3 is 5.97 Å². The van der Waals surface area contributed by atoms with E-state index in [1.807, 2.05) is 25.3 Å². The molecule has 0 radical (unpaired) electrons. The van der Waals surface area contributed by atoms with Crippen molar-refractivity contribution >= 4 is 28.7 Å². The van der Waals surface area contributed by atoms with Crippen LogP contribution in [0.15, 0.2) is 29.8 Å². The lowest BCUT2D eigenvalue weighted by molar-refractivity contribution is 0.0527. The summed E-state index contributed by atoms with van der Waals surface area (Å²) in [5, 5.41) is 6.22. The normalized spacial score (nSPS) is 11.2. The number of rotatable bonds is 5. The minimum atomic E-state index is -0.411. The number of anilines is 2. The average Bonchev–Trinajstić information content (AvgIpc) is 2.96. The number of thiazole rings is 1. The van der Waals surface area contributed by atoms with Crippen LogP contribution in [0.25, 0.3) is 0 Å². The van der Waals surface area contributed by atoms with E-state index in [9.17, 15) is 4.79 Å². The molecule has 1 aromatic carbocycles. The topological polar surface area (TPSA) is 77.2 Å². The van der Waals surface area contributed by atoms with Gasteiger partial charge in [-0.05, 0) is 32.9 Å². The molecule has 0 amide bonds. The van der Waals surface area contributed by atoms with E-state index in [1.54, 1.807) is 36.6 Å². The molecule has 112 valence electrons. The van der Waals surface area contributed by atoms with Gasteiger partial charge in [0.25, 0.3) is 0 Å². The molecule has 0 fully saturated rings. The molecule has 6 heteroatoms. The molecule has 1 aromatic heterocycles. The highest BCUT2D eigenvalue weighted by atomic mass is 32.1. The summed E-state index contributed by atoms with van der Waals surface area (Å²) in [6, 6.07) is 5.28. The summed E-state index contributed by atoms with van der Waals surface area (Å²) in [5.74, 6) is -0.411. The highest BCUT2D eigenvalue weighted by Crippen LogP contribution is 2.31. The van der Waals surface area contributed by atoms with Crippen LogP contribution in [0.2, 0.25) is 0 Å². The van der Waals surface area contributed by atoms with E-state index in [4.69, 9.17) is 10.5 Å². The van der Waals surface area contributed by atoms with E-state index >= 15 is 0 Å². The maximum Gasteiger partial charge on any atom is 0.340 e. The number of benzene rings is 1. The first kappa shape index (κ1) is 15.3. The highest BCUT2D eigenvalue weighted by molar-refractivity contribution is 7.09. The molecule has 0 spiro atoms. The summed E-state index contributed by atoms with van der Waals surface area (Å²) in [6.45, 7) is 6.12. The number of hydrogen-bond donors (Lipinski definition) is 2. The van der Waals surface area contributed by atoms with Crippen LogP contribution < -0.4 is 11.1 Å². The molecule has 5 nitrogen and oxygen atoms in total. The van der Waals surface area contributed by atoms with Crippen molar-refractivity contribution in [1.29, 1.82) is 0 Å². The number of esters is 1. The monoisotopic (exact) mass is 305 g/mol. The van der Waals surface area contributed by atoms with Crippen molar-refractivity contribution < 1.29 is 9.53 Å². The maximum absolute atomic E-state index is 11.9. The van der Waals surface area contributed by atoms with Gasteiger partial charge < -0.3 is 15.8 Å². The van der Waals surface area contributed by atoms with Gasteiger partial charge in [0.15, 0.2) is 0 Å². The molecule has 0 bridgehead atoms. The van der Waals surface area contributed by atoms with E-state index < -0.39 is 5.97 Å². The van der Waals surface area contributed by atoms with Crippen molar-refractivity contribution in [2.75, 3.05) is 17.7 Å². The quantitative estimate of drug-likeness (QED) is 0.655. The summed E-state index contributed by atoms with van der Waals surface area (Å²) in [4.78, 5) is 16.2. The van der Waals surface area contributed by atoms with Gasteiger partial charge in [0.2, 0.25) is 0 Å². The largest absolute Gasteiger partial charge is 0.462 e. The van der Waals surface area contributed by atoms with Gasteiger partial charge in [-0.25, -0.2) is 9.78 Å². The number of ether oxygens (including phenoxy) is 1. The molecular weight excluding hydrogens is 286 g/mol. The summed E-state index contributed by atoms with van der Waals surface area (Å²) in [6.07, 6.45) is 1.77. The van der Waals surface area contributed by atoms with Crippen molar-refractivity contribution in [3.8, 4) is 0 Å². The Kier molecular flexibility index (Phi) is 4.47. The van der Waals surface area contributed by atoms with E-state index in [0.29, 0.717) is 23.5 Å². The number of carbonyl (C=O) groups excluding carboxylic acids is 1. The first-order valence-corrected chi connectivity index (χ1v) is 7.57. The zero-order chi connectivity index (χ0) is 15.5. The van der Waals surface area contributed by atoms with Crippen LogP contribution in [-0.4, -0.2) is 17.6 Å². The minimum Gasteiger partial charge on any atom is -0.462 e. The number of nitrogens with zero attached hydrogens (tertiary/aromatic N) is 1. The zero-order valence-corrected chi connectivity index (χ0v) is 13.2. The number of hydrogen-bond acceptors (Lipinski definition) is 6. The first-order chi connectivity index (χ1) is 9.95. The minimum absolute atomic E-state index is 0.320. The summed E-state index contributed by atoms with van der Waals surface area (Å²) < 4.78 is 5.01. The van der Waals surface area contributed by atoms with Gasteiger partial charge in [0.05, 0.1) is 29.1 Å². The van der Waals surface area contributed by atoms with Crippen LogP contribution >= 0.6 is 11.3 Å². The number of para-hydroxylation sites is 1. The fraction of sp³-hybridized carbons (Fsp3) is 0.333. The van der Waals surface area contributed by atoms with Crippen LogP contribution in [0.5, 0.6) is 0 Å². The van der Waals surface area contributed by atoms with E-state index in [0.717, 1.165) is 5.01 Å². The Morgan fingerprint density at radius 1 is 1.48 bits per heavy atom. The van der Waals surface area contributed by atoms with Crippen molar-refractivity contribution in [2.45, 2.75) is 26.3 Å². The number of nitrogens with two attached hydrogens (primary N) is 1. The number of aromatic nitrogens is 1. The maximum atomic E-state index is 11.9. The summed E-state index contributed by atoms with van der Waals surface area (Å²) >= 11 is 1.57. The Morgan fingerprint density at radius 3 is 2.86 bits per heavy atom. The standard InChI is InChI=1S/C15H19N3O2S/c1-4-20-13(19)10-6-5-7-11(12(10)16)18-15(2,3)14-17-8-9-21-14/h5-9,18H,4,16H2,1-3H3. The summed E-state index contributed by atoms with van der Waals surface area (Å²) in [7, 11) is 0. The molecule has 1 heterocycles. The third-order valence-electron chi connectivity index (χ3n) is 3.02. The van der Waals surface area contributed by atoms with Crippen molar-refractivity contribution in [2.24, 2.45) is 0 Å². The lowest BCUT2D eigenvalue weighted by atomic mass is 10.0. The third-order valence-corrected chi connectivity index (χ3v) is 4.11. The average molecular weight is 305 g/mol. The van der Waals surface area contributed by atoms with Gasteiger partial charge in [-0.1, -0.05) is 6.07 Å². The Morgan fingerprint density at radius 2 is 2.24 bits per heavy atom. The fourth-order valence-electron chi connectivity index (χ4n) is 1.98. The molecule has 2 rings (SSSR count). The lowest BCUT2D eigenvalue weighted by Gasteiger charge is -2.26. The van der Waals surface area contributed by atoms with E-state index in [-0.39, 0.29) is 5.54 Å². The van der Waals surface area contributed by atoms with Gasteiger partial charge in [-0.2, -0.15) is 0 Å². The van der Waals surface area contributed by atoms with Crippen LogP contribution in [0.1, 0.15) is 36.1 Å². The molecule has 0 aliphatic rings. The Labute approximate surface area is 128 Å². The molecule has 0 atom stereocenters. The Bertz CT molecular complexity index is 624. The second-order valence-electron chi connectivity index (χ2n) is 5.07. The fourth-order valence-corrected chi connectivity index (χ4v) is 2.70. The third kappa shape index (κ3) is 3.33. The van der Waals surface area contributed by atoms with Gasteiger partial charge in [-0.15, -0.1) is 11.3 Å². The molecule has 0 saturated carbocycles. The highest BCUT2D eigenvalue weighted by Gasteiger charge is 2.25. The van der Waals surface area contributed by atoms with Gasteiger partial charge in [-0.3, -0.25) is 0 Å². The summed E-state index contributed by atoms with van der Waals surface area (Å²) in [5.41, 5.74) is 7.17. The van der Waals surface area contributed by atoms with Gasteiger partial charge in [0.1, 0.15) is 5.01 Å². The number of nitrogen functional groups attached to an aromatic ring is 1. The second-order valence-corrected chi connectivity index (χ2v) is 5.97. The van der Waals surface area contributed by atoms with Gasteiger partial charge in [0, 0.05) is 11.6 Å². The molecule has 0 saturated heterocycles. The van der Waals surface area contributed by atoms with E-state index in [1.165, 1.54) is 0 Å². The zero-order valence-electron chi connectivity index (χ0n) is 12.3. The number of carbonyl (C=O) groups is 1. The van der Waals surface area contributed by atoms with E-state index in [2.05, 4.69) is 10.3 Å². The predicted octanol–water partition coefficient (Wildman–Crippen LogP) is 3.25. The van der Waals surface area contributed by atoms with Crippen LogP contribution in [0.4, 0.5) is 11.4 Å². The van der Waals surface area contributed by atoms with Crippen molar-refractivity contribution in [3.63, 3.8) is 0 Å². The predicted molar refractivity (Wildman–Crippen MR) is 85.6 cm³/mol. The number of nitrogens with one attached hydrogen (secondary N) is 1. The van der Waals surface area contributed by atoms with Crippen LogP contribution in [-0.2, 0) is 10.3 Å².